The zero-order chi connectivity index (χ0) is 9.68. The highest BCUT2D eigenvalue weighted by Crippen LogP contribution is 2.01. The van der Waals surface area contributed by atoms with Gasteiger partial charge in [0, 0.05) is 46.4 Å². The van der Waals surface area contributed by atoms with E-state index in [0.717, 1.165) is 26.2 Å². The van der Waals surface area contributed by atoms with Crippen molar-refractivity contribution in [1.82, 2.24) is 10.2 Å². The Balaban J connectivity index is 2.26. The van der Waals surface area contributed by atoms with Crippen LogP contribution in [0.15, 0.2) is 0 Å². The number of hydrogen-bond acceptors (Lipinski definition) is 4. The highest BCUT2D eigenvalue weighted by molar-refractivity contribution is 4.75. The first-order valence-corrected chi connectivity index (χ1v) is 4.77. The zero-order valence-electron chi connectivity index (χ0n) is 8.75. The number of nitrogens with zero attached hydrogens (tertiary/aromatic N) is 1. The molecule has 1 aliphatic heterocycles. The number of hydrogen-bond donors (Lipinski definition) is 1. The van der Waals surface area contributed by atoms with E-state index in [2.05, 4.69) is 17.1 Å². The lowest BCUT2D eigenvalue weighted by molar-refractivity contribution is -0.118. The average Bonchev–Trinajstić information content (AvgIpc) is 2.14. The third-order valence-electron chi connectivity index (χ3n) is 2.39. The maximum absolute atomic E-state index is 5.15. The van der Waals surface area contributed by atoms with Crippen LogP contribution < -0.4 is 5.32 Å². The van der Waals surface area contributed by atoms with Gasteiger partial charge in [0.2, 0.25) is 0 Å². The molecule has 4 heteroatoms. The van der Waals surface area contributed by atoms with Crippen LogP contribution in [0.2, 0.25) is 0 Å². The summed E-state index contributed by atoms with van der Waals surface area (Å²) in [5.74, 6) is 0. The summed E-state index contributed by atoms with van der Waals surface area (Å²) in [5.41, 5.74) is 0. The van der Waals surface area contributed by atoms with Crippen molar-refractivity contribution in [3.63, 3.8) is 0 Å². The Bertz CT molecular complexity index is 140. The fourth-order valence-corrected chi connectivity index (χ4v) is 1.63. The maximum Gasteiger partial charge on any atom is 0.169 e. The first kappa shape index (κ1) is 10.9. The molecule has 78 valence electrons. The van der Waals surface area contributed by atoms with Crippen LogP contribution in [-0.2, 0) is 9.47 Å². The molecule has 1 rings (SSSR count). The Morgan fingerprint density at radius 3 is 2.69 bits per heavy atom. The molecule has 0 spiro atoms. The summed E-state index contributed by atoms with van der Waals surface area (Å²) >= 11 is 0. The van der Waals surface area contributed by atoms with Crippen molar-refractivity contribution < 1.29 is 9.47 Å². The summed E-state index contributed by atoms with van der Waals surface area (Å²) in [5, 5.41) is 3.40. The molecule has 1 aliphatic rings. The van der Waals surface area contributed by atoms with Crippen molar-refractivity contribution in [2.75, 3.05) is 40.4 Å². The van der Waals surface area contributed by atoms with E-state index in [0.29, 0.717) is 6.04 Å². The molecule has 1 saturated heterocycles. The van der Waals surface area contributed by atoms with Gasteiger partial charge in [-0.15, -0.1) is 0 Å². The van der Waals surface area contributed by atoms with Crippen LogP contribution in [-0.4, -0.2) is 57.6 Å². The molecular weight excluding hydrogens is 168 g/mol. The monoisotopic (exact) mass is 188 g/mol. The predicted molar refractivity (Wildman–Crippen MR) is 51.7 cm³/mol. The Labute approximate surface area is 80.2 Å². The lowest BCUT2D eigenvalue weighted by Crippen LogP contribution is -2.51. The van der Waals surface area contributed by atoms with Gasteiger partial charge in [-0.1, -0.05) is 0 Å². The van der Waals surface area contributed by atoms with Crippen LogP contribution in [0, 0.1) is 0 Å². The minimum atomic E-state index is -0.0923. The fourth-order valence-electron chi connectivity index (χ4n) is 1.63. The van der Waals surface area contributed by atoms with E-state index >= 15 is 0 Å². The summed E-state index contributed by atoms with van der Waals surface area (Å²) < 4.78 is 10.3. The summed E-state index contributed by atoms with van der Waals surface area (Å²) in [7, 11) is 3.36. The predicted octanol–water partition coefficient (Wildman–Crippen LogP) is -0.101. The third-order valence-corrected chi connectivity index (χ3v) is 2.39. The van der Waals surface area contributed by atoms with Crippen molar-refractivity contribution in [2.45, 2.75) is 19.3 Å². The molecule has 0 amide bonds. The normalized spacial score (nSPS) is 25.4. The number of nitrogens with one attached hydrogen (secondary N) is 1. The topological polar surface area (TPSA) is 33.7 Å². The molecule has 1 unspecified atom stereocenters. The fraction of sp³-hybridized carbons (Fsp3) is 1.00. The first-order chi connectivity index (χ1) is 6.26. The highest BCUT2D eigenvalue weighted by Gasteiger charge is 2.18. The van der Waals surface area contributed by atoms with Crippen LogP contribution in [0.25, 0.3) is 0 Å². The standard InChI is InChI=1S/C9H20N2O2/c1-8-6-11(5-4-10-8)7-9(12-2)13-3/h8-10H,4-7H2,1-3H3. The van der Waals surface area contributed by atoms with E-state index in [4.69, 9.17) is 9.47 Å². The van der Waals surface area contributed by atoms with Gasteiger partial charge in [-0.05, 0) is 6.92 Å². The number of ether oxygens (including phenoxy) is 2. The Kier molecular flexibility index (Phi) is 4.66. The van der Waals surface area contributed by atoms with Gasteiger partial charge in [0.15, 0.2) is 6.29 Å². The van der Waals surface area contributed by atoms with Gasteiger partial charge < -0.3 is 14.8 Å². The molecule has 4 nitrogen and oxygen atoms in total. The molecular formula is C9H20N2O2. The second-order valence-corrected chi connectivity index (χ2v) is 3.52. The van der Waals surface area contributed by atoms with E-state index in [1.54, 1.807) is 14.2 Å². The average molecular weight is 188 g/mol. The Morgan fingerprint density at radius 1 is 1.46 bits per heavy atom. The van der Waals surface area contributed by atoms with Gasteiger partial charge in [0.1, 0.15) is 0 Å². The van der Waals surface area contributed by atoms with E-state index in [9.17, 15) is 0 Å². The van der Waals surface area contributed by atoms with Crippen LogP contribution in [0.5, 0.6) is 0 Å². The van der Waals surface area contributed by atoms with Gasteiger partial charge in [0.05, 0.1) is 0 Å². The molecule has 1 fully saturated rings. The molecule has 0 aromatic heterocycles. The van der Waals surface area contributed by atoms with Crippen molar-refractivity contribution in [1.29, 1.82) is 0 Å². The quantitative estimate of drug-likeness (QED) is 0.625. The molecule has 0 aromatic rings. The Morgan fingerprint density at radius 2 is 2.15 bits per heavy atom. The molecule has 1 N–H and O–H groups in total. The van der Waals surface area contributed by atoms with Gasteiger partial charge in [-0.3, -0.25) is 4.90 Å². The first-order valence-electron chi connectivity index (χ1n) is 4.77. The Hall–Kier alpha value is -0.160. The molecule has 0 bridgehead atoms. The molecule has 13 heavy (non-hydrogen) atoms. The molecule has 1 heterocycles. The number of rotatable bonds is 4. The van der Waals surface area contributed by atoms with Crippen LogP contribution in [0.1, 0.15) is 6.92 Å². The summed E-state index contributed by atoms with van der Waals surface area (Å²) in [6, 6.07) is 0.572. The van der Waals surface area contributed by atoms with E-state index < -0.39 is 0 Å². The molecule has 0 aliphatic carbocycles. The number of piperazine rings is 1. The van der Waals surface area contributed by atoms with E-state index in [1.807, 2.05) is 0 Å². The van der Waals surface area contributed by atoms with Crippen LogP contribution in [0.4, 0.5) is 0 Å². The summed E-state index contributed by atoms with van der Waals surface area (Å²) in [4.78, 5) is 2.36. The van der Waals surface area contributed by atoms with Crippen LogP contribution >= 0.6 is 0 Å². The lowest BCUT2D eigenvalue weighted by atomic mass is 10.2. The SMILES string of the molecule is COC(CN1CCNC(C)C1)OC. The molecule has 0 aromatic carbocycles. The van der Waals surface area contributed by atoms with Crippen LogP contribution in [0.3, 0.4) is 0 Å². The van der Waals surface area contributed by atoms with Gasteiger partial charge in [0.25, 0.3) is 0 Å². The molecule has 1 atom stereocenters. The van der Waals surface area contributed by atoms with Gasteiger partial charge >= 0.3 is 0 Å². The lowest BCUT2D eigenvalue weighted by Gasteiger charge is -2.33. The van der Waals surface area contributed by atoms with Crippen molar-refractivity contribution in [3.05, 3.63) is 0 Å². The molecule has 0 radical (unpaired) electrons. The van der Waals surface area contributed by atoms with Gasteiger partial charge in [-0.2, -0.15) is 0 Å². The second-order valence-electron chi connectivity index (χ2n) is 3.52. The zero-order valence-corrected chi connectivity index (χ0v) is 8.75. The maximum atomic E-state index is 5.15. The minimum Gasteiger partial charge on any atom is -0.355 e. The number of methoxy groups -OCH3 is 2. The minimum absolute atomic E-state index is 0.0923. The largest absolute Gasteiger partial charge is 0.355 e. The van der Waals surface area contributed by atoms with Crippen molar-refractivity contribution in [3.8, 4) is 0 Å². The summed E-state index contributed by atoms with van der Waals surface area (Å²) in [6.07, 6.45) is -0.0923. The smallest absolute Gasteiger partial charge is 0.169 e. The van der Waals surface area contributed by atoms with E-state index in [1.165, 1.54) is 0 Å². The third kappa shape index (κ3) is 3.60. The molecule has 0 saturated carbocycles. The summed E-state index contributed by atoms with van der Waals surface area (Å²) in [6.45, 7) is 6.26. The van der Waals surface area contributed by atoms with Gasteiger partial charge in [-0.25, -0.2) is 0 Å². The highest BCUT2D eigenvalue weighted by atomic mass is 16.7. The second kappa shape index (κ2) is 5.54. The van der Waals surface area contributed by atoms with Crippen molar-refractivity contribution >= 4 is 0 Å². The van der Waals surface area contributed by atoms with E-state index in [-0.39, 0.29) is 6.29 Å². The van der Waals surface area contributed by atoms with Crippen molar-refractivity contribution in [2.24, 2.45) is 0 Å².